The van der Waals surface area contributed by atoms with E-state index in [0.717, 1.165) is 23.1 Å². The molecule has 0 aliphatic carbocycles. The SMILES string of the molecule is CCCc1c(OCCCOc2ccc3c(ccn3C(C)C(=O)OCC)c2)ccc(C(C)=O)c1O. The molecule has 1 N–H and O–H groups in total. The third kappa shape index (κ3) is 5.71. The molecule has 0 spiro atoms. The van der Waals surface area contributed by atoms with Crippen molar-refractivity contribution in [1.29, 1.82) is 0 Å². The lowest BCUT2D eigenvalue weighted by Crippen LogP contribution is -2.18. The van der Waals surface area contributed by atoms with Gasteiger partial charge in [0.1, 0.15) is 23.3 Å². The average molecular weight is 468 g/mol. The highest BCUT2D eigenvalue weighted by Gasteiger charge is 2.18. The maximum absolute atomic E-state index is 12.1. The molecule has 3 aromatic rings. The summed E-state index contributed by atoms with van der Waals surface area (Å²) in [5.41, 5.74) is 1.93. The molecule has 182 valence electrons. The Labute approximate surface area is 200 Å². The van der Waals surface area contributed by atoms with Crippen molar-refractivity contribution < 1.29 is 28.9 Å². The van der Waals surface area contributed by atoms with Gasteiger partial charge in [-0.05, 0) is 63.6 Å². The van der Waals surface area contributed by atoms with E-state index in [0.29, 0.717) is 49.5 Å². The van der Waals surface area contributed by atoms with E-state index in [9.17, 15) is 14.7 Å². The van der Waals surface area contributed by atoms with E-state index in [1.54, 1.807) is 19.1 Å². The van der Waals surface area contributed by atoms with Crippen LogP contribution in [0.15, 0.2) is 42.6 Å². The molecule has 1 unspecified atom stereocenters. The molecule has 0 saturated heterocycles. The quantitative estimate of drug-likeness (QED) is 0.216. The normalized spacial score (nSPS) is 11.9. The zero-order valence-electron chi connectivity index (χ0n) is 20.3. The Morgan fingerprint density at radius 3 is 2.53 bits per heavy atom. The number of ether oxygens (including phenoxy) is 3. The monoisotopic (exact) mass is 467 g/mol. The van der Waals surface area contributed by atoms with Crippen LogP contribution in [0, 0.1) is 0 Å². The van der Waals surface area contributed by atoms with Gasteiger partial charge in [0.15, 0.2) is 5.78 Å². The number of aromatic hydroxyl groups is 1. The topological polar surface area (TPSA) is 87.0 Å². The van der Waals surface area contributed by atoms with E-state index in [4.69, 9.17) is 14.2 Å². The number of phenolic OH excluding ortho intramolecular Hbond substituents is 1. The first-order chi connectivity index (χ1) is 16.4. The van der Waals surface area contributed by atoms with Gasteiger partial charge in [0.2, 0.25) is 0 Å². The van der Waals surface area contributed by atoms with E-state index in [1.807, 2.05) is 48.9 Å². The Morgan fingerprint density at radius 2 is 1.82 bits per heavy atom. The smallest absolute Gasteiger partial charge is 0.328 e. The van der Waals surface area contributed by atoms with Crippen molar-refractivity contribution in [3.05, 3.63) is 53.7 Å². The van der Waals surface area contributed by atoms with Gasteiger partial charge in [0, 0.05) is 29.1 Å². The molecule has 34 heavy (non-hydrogen) atoms. The summed E-state index contributed by atoms with van der Waals surface area (Å²) in [7, 11) is 0. The minimum Gasteiger partial charge on any atom is -0.507 e. The molecule has 3 rings (SSSR count). The van der Waals surface area contributed by atoms with Crippen molar-refractivity contribution in [2.75, 3.05) is 19.8 Å². The molecule has 1 atom stereocenters. The first-order valence-electron chi connectivity index (χ1n) is 11.8. The molecule has 0 aliphatic heterocycles. The van der Waals surface area contributed by atoms with E-state index in [1.165, 1.54) is 6.92 Å². The van der Waals surface area contributed by atoms with Gasteiger partial charge in [-0.3, -0.25) is 4.79 Å². The van der Waals surface area contributed by atoms with Gasteiger partial charge in [-0.15, -0.1) is 0 Å². The molecule has 0 amide bonds. The van der Waals surface area contributed by atoms with Crippen LogP contribution in [0.5, 0.6) is 17.2 Å². The molecule has 0 bridgehead atoms. The highest BCUT2D eigenvalue weighted by atomic mass is 16.5. The fourth-order valence-corrected chi connectivity index (χ4v) is 3.91. The predicted molar refractivity (Wildman–Crippen MR) is 131 cm³/mol. The number of rotatable bonds is 12. The van der Waals surface area contributed by atoms with Gasteiger partial charge in [0.05, 0.1) is 25.4 Å². The zero-order chi connectivity index (χ0) is 24.7. The summed E-state index contributed by atoms with van der Waals surface area (Å²) in [6.07, 6.45) is 3.99. The van der Waals surface area contributed by atoms with Gasteiger partial charge >= 0.3 is 5.97 Å². The second kappa shape index (κ2) is 11.6. The van der Waals surface area contributed by atoms with Crippen molar-refractivity contribution in [3.63, 3.8) is 0 Å². The van der Waals surface area contributed by atoms with Crippen LogP contribution < -0.4 is 9.47 Å². The number of phenols is 1. The standard InChI is InChI=1S/C27H33NO6/c1-5-8-23-25(12-10-22(19(4)29)26(23)30)34-16-7-15-33-21-9-11-24-20(17-21)13-14-28(24)18(3)27(31)32-6-2/h9-14,17-18,30H,5-8,15-16H2,1-4H3. The molecule has 7 heteroatoms. The number of aromatic nitrogens is 1. The summed E-state index contributed by atoms with van der Waals surface area (Å²) in [4.78, 5) is 23.8. The highest BCUT2D eigenvalue weighted by Crippen LogP contribution is 2.33. The maximum Gasteiger partial charge on any atom is 0.328 e. The maximum atomic E-state index is 12.1. The fraction of sp³-hybridized carbons (Fsp3) is 0.407. The van der Waals surface area contributed by atoms with E-state index in [2.05, 4.69) is 0 Å². The fourth-order valence-electron chi connectivity index (χ4n) is 3.91. The molecular weight excluding hydrogens is 434 g/mol. The largest absolute Gasteiger partial charge is 0.507 e. The number of hydrogen-bond acceptors (Lipinski definition) is 6. The number of Topliss-reactive ketones (excluding diaryl/α,β-unsaturated/α-hetero) is 1. The summed E-state index contributed by atoms with van der Waals surface area (Å²) in [6, 6.07) is 10.7. The summed E-state index contributed by atoms with van der Waals surface area (Å²) in [5.74, 6) is 0.928. The Bertz CT molecular complexity index is 1150. The third-order valence-corrected chi connectivity index (χ3v) is 5.67. The number of benzene rings is 2. The molecule has 1 heterocycles. The second-order valence-corrected chi connectivity index (χ2v) is 8.17. The first kappa shape index (κ1) is 25.1. The van der Waals surface area contributed by atoms with Crippen molar-refractivity contribution in [1.82, 2.24) is 4.57 Å². The number of carbonyl (C=O) groups is 2. The van der Waals surface area contributed by atoms with Crippen LogP contribution >= 0.6 is 0 Å². The minimum atomic E-state index is -0.400. The van der Waals surface area contributed by atoms with Gasteiger partial charge in [-0.1, -0.05) is 13.3 Å². The molecule has 2 aromatic carbocycles. The molecular formula is C27H33NO6. The molecule has 0 aliphatic rings. The number of fused-ring (bicyclic) bond motifs is 1. The molecule has 0 saturated carbocycles. The van der Waals surface area contributed by atoms with Gasteiger partial charge in [-0.2, -0.15) is 0 Å². The van der Waals surface area contributed by atoms with Crippen LogP contribution in [-0.4, -0.2) is 41.2 Å². The molecule has 0 radical (unpaired) electrons. The lowest BCUT2D eigenvalue weighted by atomic mass is 10.0. The lowest BCUT2D eigenvalue weighted by molar-refractivity contribution is -0.146. The third-order valence-electron chi connectivity index (χ3n) is 5.67. The minimum absolute atomic E-state index is 0.0145. The van der Waals surface area contributed by atoms with Crippen molar-refractivity contribution in [2.45, 2.75) is 53.0 Å². The summed E-state index contributed by atoms with van der Waals surface area (Å²) in [5, 5.41) is 11.4. The Balaban J connectivity index is 1.56. The summed E-state index contributed by atoms with van der Waals surface area (Å²) in [6.45, 7) is 8.31. The number of carbonyl (C=O) groups excluding carboxylic acids is 2. The van der Waals surface area contributed by atoms with Gasteiger partial charge in [0.25, 0.3) is 0 Å². The zero-order valence-corrected chi connectivity index (χ0v) is 20.3. The van der Waals surface area contributed by atoms with Crippen molar-refractivity contribution in [2.24, 2.45) is 0 Å². The molecule has 1 aromatic heterocycles. The van der Waals surface area contributed by atoms with Crippen LogP contribution in [0.25, 0.3) is 10.9 Å². The van der Waals surface area contributed by atoms with Crippen LogP contribution in [0.3, 0.4) is 0 Å². The van der Waals surface area contributed by atoms with Crippen LogP contribution in [0.2, 0.25) is 0 Å². The van der Waals surface area contributed by atoms with Crippen molar-refractivity contribution in [3.8, 4) is 17.2 Å². The van der Waals surface area contributed by atoms with Crippen LogP contribution in [0.1, 0.15) is 62.5 Å². The number of nitrogens with zero attached hydrogens (tertiary/aromatic N) is 1. The first-order valence-corrected chi connectivity index (χ1v) is 11.8. The summed E-state index contributed by atoms with van der Waals surface area (Å²) >= 11 is 0. The van der Waals surface area contributed by atoms with Gasteiger partial charge < -0.3 is 23.9 Å². The number of ketones is 1. The van der Waals surface area contributed by atoms with Crippen molar-refractivity contribution >= 4 is 22.7 Å². The number of esters is 1. The Kier molecular flexibility index (Phi) is 8.57. The molecule has 7 nitrogen and oxygen atoms in total. The van der Waals surface area contributed by atoms with E-state index >= 15 is 0 Å². The lowest BCUT2D eigenvalue weighted by Gasteiger charge is -2.15. The number of hydrogen-bond donors (Lipinski definition) is 1. The van der Waals surface area contributed by atoms with E-state index in [-0.39, 0.29) is 17.5 Å². The van der Waals surface area contributed by atoms with E-state index < -0.39 is 6.04 Å². The second-order valence-electron chi connectivity index (χ2n) is 8.17. The average Bonchev–Trinajstić information content (AvgIpc) is 3.23. The Morgan fingerprint density at radius 1 is 1.06 bits per heavy atom. The highest BCUT2D eigenvalue weighted by molar-refractivity contribution is 5.97. The molecule has 0 fully saturated rings. The van der Waals surface area contributed by atoms with Crippen LogP contribution in [0.4, 0.5) is 0 Å². The Hall–Kier alpha value is -3.48. The summed E-state index contributed by atoms with van der Waals surface area (Å²) < 4.78 is 18.8. The van der Waals surface area contributed by atoms with Crippen LogP contribution in [-0.2, 0) is 16.0 Å². The predicted octanol–water partition coefficient (Wildman–Crippen LogP) is 5.47. The van der Waals surface area contributed by atoms with Gasteiger partial charge in [-0.25, -0.2) is 4.79 Å².